The zero-order valence-electron chi connectivity index (χ0n) is 26.8. The maximum Gasteiger partial charge on any atom is 0.241 e. The van der Waals surface area contributed by atoms with Gasteiger partial charge in [0.15, 0.2) is 0 Å². The molecule has 0 N–H and O–H groups in total. The van der Waals surface area contributed by atoms with Gasteiger partial charge in [0.25, 0.3) is 0 Å². The Hall–Kier alpha value is -3.66. The van der Waals surface area contributed by atoms with E-state index in [4.69, 9.17) is 9.47 Å². The van der Waals surface area contributed by atoms with Crippen LogP contribution in [-0.4, -0.2) is 18.6 Å². The van der Waals surface area contributed by atoms with Crippen molar-refractivity contribution < 1.29 is 9.47 Å². The highest BCUT2D eigenvalue weighted by Crippen LogP contribution is 2.54. The van der Waals surface area contributed by atoms with Gasteiger partial charge in [-0.05, 0) is 116 Å². The molecule has 0 aromatic heterocycles. The van der Waals surface area contributed by atoms with Crippen molar-refractivity contribution in [1.82, 2.24) is 0 Å². The summed E-state index contributed by atoms with van der Waals surface area (Å²) in [5.74, 6) is 0. The second kappa shape index (κ2) is 10.2. The van der Waals surface area contributed by atoms with Gasteiger partial charge in [-0.15, -0.1) is 0 Å². The van der Waals surface area contributed by atoms with Crippen LogP contribution in [0.25, 0.3) is 16.7 Å². The van der Waals surface area contributed by atoms with Crippen LogP contribution in [0.4, 0.5) is 5.69 Å². The Morgan fingerprint density at radius 1 is 0.698 bits per heavy atom. The van der Waals surface area contributed by atoms with Gasteiger partial charge in [-0.2, -0.15) is 0 Å². The molecule has 0 amide bonds. The Morgan fingerprint density at radius 3 is 2.09 bits per heavy atom. The van der Waals surface area contributed by atoms with Crippen molar-refractivity contribution in [3.63, 3.8) is 0 Å². The Balaban J connectivity index is 1.54. The smallest absolute Gasteiger partial charge is 0.241 e. The average Bonchev–Trinajstić information content (AvgIpc) is 3.16. The van der Waals surface area contributed by atoms with Crippen LogP contribution in [0.15, 0.2) is 78.9 Å². The lowest BCUT2D eigenvalue weighted by molar-refractivity contribution is -0.235. The molecular weight excluding hydrogens is 526 g/mol. The molecule has 4 aromatic carbocycles. The highest BCUT2D eigenvalue weighted by molar-refractivity contribution is 5.95. The van der Waals surface area contributed by atoms with Gasteiger partial charge in [0.05, 0.1) is 18.2 Å². The fourth-order valence-electron chi connectivity index (χ4n) is 7.97. The maximum absolute atomic E-state index is 6.68. The van der Waals surface area contributed by atoms with Crippen molar-refractivity contribution >= 4 is 11.3 Å². The molecule has 3 nitrogen and oxygen atoms in total. The van der Waals surface area contributed by atoms with Gasteiger partial charge in [0.2, 0.25) is 6.41 Å². The first-order chi connectivity index (χ1) is 20.5. The molecule has 3 unspecified atom stereocenters. The lowest BCUT2D eigenvalue weighted by atomic mass is 9.79. The molecule has 7 rings (SSSR count). The number of rotatable bonds is 3. The van der Waals surface area contributed by atoms with E-state index in [2.05, 4.69) is 139 Å². The Bertz CT molecular complexity index is 1750. The highest BCUT2D eigenvalue weighted by Gasteiger charge is 2.42. The molecule has 1 saturated heterocycles. The third kappa shape index (κ3) is 4.56. The second-order valence-corrected chi connectivity index (χ2v) is 13.6. The number of anilines is 1. The molecule has 0 bridgehead atoms. The summed E-state index contributed by atoms with van der Waals surface area (Å²) in [6, 6.07) is 27.3. The zero-order chi connectivity index (χ0) is 30.2. The highest BCUT2D eigenvalue weighted by atomic mass is 16.7. The predicted octanol–water partition coefficient (Wildman–Crippen LogP) is 9.72. The molecule has 2 heterocycles. The zero-order valence-corrected chi connectivity index (χ0v) is 26.8. The number of fused-ring (bicyclic) bond motifs is 4. The average molecular weight is 570 g/mol. The lowest BCUT2D eigenvalue weighted by Crippen LogP contribution is -2.50. The van der Waals surface area contributed by atoms with Crippen molar-refractivity contribution in [3.05, 3.63) is 129 Å². The van der Waals surface area contributed by atoms with Crippen LogP contribution in [-0.2, 0) is 14.9 Å². The minimum atomic E-state index is -0.497. The minimum Gasteiger partial charge on any atom is -0.332 e. The normalized spacial score (nSPS) is 23.8. The molecule has 1 aliphatic carbocycles. The van der Waals surface area contributed by atoms with E-state index in [-0.39, 0.29) is 23.7 Å². The Morgan fingerprint density at radius 2 is 1.40 bits per heavy atom. The van der Waals surface area contributed by atoms with E-state index in [1.807, 2.05) is 0 Å². The molecule has 0 spiro atoms. The van der Waals surface area contributed by atoms with Crippen LogP contribution in [0, 0.1) is 27.7 Å². The summed E-state index contributed by atoms with van der Waals surface area (Å²) in [7, 11) is 0. The fourth-order valence-corrected chi connectivity index (χ4v) is 7.97. The van der Waals surface area contributed by atoms with Crippen LogP contribution in [0.5, 0.6) is 0 Å². The topological polar surface area (TPSA) is 21.7 Å². The number of benzene rings is 4. The van der Waals surface area contributed by atoms with Gasteiger partial charge in [0, 0.05) is 16.7 Å². The number of nitrogens with zero attached hydrogens (tertiary/aromatic N) is 1. The van der Waals surface area contributed by atoms with Crippen molar-refractivity contribution in [3.8, 4) is 11.1 Å². The molecule has 3 heteroatoms. The van der Waals surface area contributed by atoms with E-state index in [1.165, 1.54) is 72.5 Å². The predicted molar refractivity (Wildman–Crippen MR) is 178 cm³/mol. The van der Waals surface area contributed by atoms with Crippen LogP contribution in [0.2, 0.25) is 0 Å². The number of ether oxygens (including phenoxy) is 2. The van der Waals surface area contributed by atoms with E-state index in [9.17, 15) is 0 Å². The molecule has 3 atom stereocenters. The molecule has 43 heavy (non-hydrogen) atoms. The molecule has 3 aliphatic rings. The molecule has 0 radical (unpaired) electrons. The largest absolute Gasteiger partial charge is 0.332 e. The third-order valence-corrected chi connectivity index (χ3v) is 9.84. The summed E-state index contributed by atoms with van der Waals surface area (Å²) in [6.07, 6.45) is 3.08. The molecule has 2 aliphatic heterocycles. The van der Waals surface area contributed by atoms with Crippen molar-refractivity contribution in [2.75, 3.05) is 4.90 Å². The van der Waals surface area contributed by atoms with Crippen molar-refractivity contribution in [1.29, 1.82) is 0 Å². The van der Waals surface area contributed by atoms with Gasteiger partial charge in [-0.3, -0.25) is 0 Å². The number of aryl methyl sites for hydroxylation is 4. The summed E-state index contributed by atoms with van der Waals surface area (Å²) >= 11 is 0. The van der Waals surface area contributed by atoms with E-state index in [1.54, 1.807) is 0 Å². The minimum absolute atomic E-state index is 0.0592. The first kappa shape index (κ1) is 28.1. The van der Waals surface area contributed by atoms with Crippen LogP contribution < -0.4 is 4.90 Å². The van der Waals surface area contributed by atoms with Gasteiger partial charge < -0.3 is 14.4 Å². The Kier molecular flexibility index (Phi) is 6.68. The summed E-state index contributed by atoms with van der Waals surface area (Å²) < 4.78 is 13.4. The van der Waals surface area contributed by atoms with Crippen molar-refractivity contribution in [2.45, 2.75) is 91.9 Å². The summed E-state index contributed by atoms with van der Waals surface area (Å²) in [4.78, 5) is 2.44. The molecule has 0 saturated carbocycles. The standard InChI is InChI=1S/C40H43NO2/c1-23-12-11-13-29(18-23)31-21-37(38-25(3)16-24(2)17-26(38)4)41(39-42-27(5)19-28(6)43-39)36-22-35-32(20-33(31)36)30-14-9-10-15-34(30)40(35,7)8/h9-18,20-22,27-28,37,39H,19H2,1-8H3. The van der Waals surface area contributed by atoms with Crippen LogP contribution in [0.1, 0.15) is 90.2 Å². The molecule has 220 valence electrons. The summed E-state index contributed by atoms with van der Waals surface area (Å²) in [6.45, 7) is 17.9. The van der Waals surface area contributed by atoms with Gasteiger partial charge in [-0.1, -0.05) is 85.6 Å². The number of hydrogen-bond acceptors (Lipinski definition) is 3. The SMILES string of the molecule is Cc1cccc(C2=CC(c3c(C)cc(C)cc3C)N(C3OC(C)CC(C)O3)c3cc4c(cc32)-c2ccccc2C4(C)C)c1. The molecular formula is C40H43NO2. The van der Waals surface area contributed by atoms with E-state index >= 15 is 0 Å². The first-order valence-electron chi connectivity index (χ1n) is 15.8. The summed E-state index contributed by atoms with van der Waals surface area (Å²) in [5.41, 5.74) is 16.7. The van der Waals surface area contributed by atoms with Gasteiger partial charge in [-0.25, -0.2) is 0 Å². The van der Waals surface area contributed by atoms with Crippen LogP contribution >= 0.6 is 0 Å². The number of hydrogen-bond donors (Lipinski definition) is 0. The Labute approximate surface area is 257 Å². The second-order valence-electron chi connectivity index (χ2n) is 13.6. The van der Waals surface area contributed by atoms with Crippen LogP contribution in [0.3, 0.4) is 0 Å². The van der Waals surface area contributed by atoms with Crippen molar-refractivity contribution in [2.24, 2.45) is 0 Å². The molecule has 1 fully saturated rings. The van der Waals surface area contributed by atoms with Gasteiger partial charge >= 0.3 is 0 Å². The van der Waals surface area contributed by atoms with E-state index < -0.39 is 6.41 Å². The quantitative estimate of drug-likeness (QED) is 0.245. The third-order valence-electron chi connectivity index (χ3n) is 9.84. The first-order valence-corrected chi connectivity index (χ1v) is 15.8. The van der Waals surface area contributed by atoms with E-state index in [0.717, 1.165) is 6.42 Å². The van der Waals surface area contributed by atoms with E-state index in [0.29, 0.717) is 0 Å². The fraction of sp³-hybridized carbons (Fsp3) is 0.350. The monoisotopic (exact) mass is 569 g/mol. The lowest BCUT2D eigenvalue weighted by Gasteiger charge is -2.47. The molecule has 4 aromatic rings. The van der Waals surface area contributed by atoms with Gasteiger partial charge in [0.1, 0.15) is 0 Å². The summed E-state index contributed by atoms with van der Waals surface area (Å²) in [5, 5.41) is 0. The maximum atomic E-state index is 6.68.